The number of rotatable bonds is 2. The Labute approximate surface area is 102 Å². The first-order valence-electron chi connectivity index (χ1n) is 5.79. The Kier molecular flexibility index (Phi) is 1.70. The third kappa shape index (κ3) is 0.667. The van der Waals surface area contributed by atoms with Crippen LogP contribution in [0.1, 0.15) is 25.7 Å². The zero-order valence-corrected chi connectivity index (χ0v) is 9.49. The molecule has 0 unspecified atom stereocenters. The highest BCUT2D eigenvalue weighted by atomic mass is 16.4. The molecule has 18 heavy (non-hydrogen) atoms. The van der Waals surface area contributed by atoms with E-state index in [1.165, 1.54) is 0 Å². The topological polar surface area (TPSA) is 127 Å². The van der Waals surface area contributed by atoms with Crippen LogP contribution < -0.4 is 11.1 Å². The summed E-state index contributed by atoms with van der Waals surface area (Å²) in [5, 5.41) is 11.4. The maximum Gasteiger partial charge on any atom is 0.321 e. The lowest BCUT2D eigenvalue weighted by atomic mass is 9.88. The minimum absolute atomic E-state index is 0.376. The van der Waals surface area contributed by atoms with E-state index in [0.717, 1.165) is 0 Å². The Morgan fingerprint density at radius 1 is 1.11 bits per heavy atom. The number of hydrogen-bond donors (Lipinski definition) is 3. The van der Waals surface area contributed by atoms with E-state index in [4.69, 9.17) is 5.73 Å². The van der Waals surface area contributed by atoms with Crippen molar-refractivity contribution in [2.75, 3.05) is 0 Å². The van der Waals surface area contributed by atoms with Crippen molar-refractivity contribution in [1.82, 2.24) is 5.32 Å². The van der Waals surface area contributed by atoms with E-state index in [2.05, 4.69) is 0 Å². The lowest BCUT2D eigenvalue weighted by molar-refractivity contribution is -0.151. The van der Waals surface area contributed by atoms with E-state index >= 15 is 0 Å². The monoisotopic (exact) mass is 252 g/mol. The number of hydrogen-bond acceptors (Lipinski definition) is 4. The molecule has 0 aromatic rings. The predicted octanol–water partition coefficient (Wildman–Crippen LogP) is -1.24. The zero-order chi connectivity index (χ0) is 13.3. The van der Waals surface area contributed by atoms with Crippen molar-refractivity contribution in [2.24, 2.45) is 22.0 Å². The molecule has 1 aliphatic heterocycles. The highest BCUT2D eigenvalue weighted by molar-refractivity contribution is 6.33. The van der Waals surface area contributed by atoms with Crippen LogP contribution in [0.15, 0.2) is 0 Å². The molecular weight excluding hydrogens is 240 g/mol. The first-order valence-corrected chi connectivity index (χ1v) is 5.79. The molecule has 7 heteroatoms. The van der Waals surface area contributed by atoms with Gasteiger partial charge in [-0.3, -0.25) is 24.5 Å². The van der Waals surface area contributed by atoms with Crippen LogP contribution in [-0.2, 0) is 19.2 Å². The number of carbonyl (C=O) groups excluding carboxylic acids is 3. The Bertz CT molecular complexity index is 482. The predicted molar refractivity (Wildman–Crippen MR) is 55.7 cm³/mol. The van der Waals surface area contributed by atoms with E-state index in [1.807, 2.05) is 5.32 Å². The fourth-order valence-corrected chi connectivity index (χ4v) is 4.48. The van der Waals surface area contributed by atoms with Crippen LogP contribution in [-0.4, -0.2) is 28.8 Å². The van der Waals surface area contributed by atoms with E-state index in [-0.39, 0.29) is 0 Å². The summed E-state index contributed by atoms with van der Waals surface area (Å²) in [5.74, 6) is -4.16. The summed E-state index contributed by atoms with van der Waals surface area (Å²) in [6.45, 7) is 0. The van der Waals surface area contributed by atoms with Crippen molar-refractivity contribution in [3.8, 4) is 0 Å². The van der Waals surface area contributed by atoms with Gasteiger partial charge in [0.05, 0.1) is 0 Å². The third-order valence-electron chi connectivity index (χ3n) is 4.99. The van der Waals surface area contributed by atoms with Gasteiger partial charge in [-0.25, -0.2) is 0 Å². The van der Waals surface area contributed by atoms with Crippen LogP contribution in [0.25, 0.3) is 0 Å². The molecule has 0 radical (unpaired) electrons. The number of amides is 3. The standard InChI is InChI=1S/C11H12N2O5/c12-5(14)10-6(15)13-7(16)11(10,8(17)18)9(10)3-1-2-4-9/h1-4H2,(H2,12,14)(H,17,18)(H,13,15,16)/t10-,11-/m0/s1. The quantitative estimate of drug-likeness (QED) is 0.418. The molecule has 1 saturated heterocycles. The number of nitrogens with two attached hydrogens (primary N) is 1. The SMILES string of the molecule is NC(=O)[C@@]12C(=O)NC(=O)[C@]1(C(=O)O)C21CCCC1. The number of primary amides is 1. The molecule has 0 aromatic heterocycles. The minimum Gasteiger partial charge on any atom is -0.480 e. The fraction of sp³-hybridized carbons (Fsp3) is 0.636. The Balaban J connectivity index is 2.30. The van der Waals surface area contributed by atoms with Gasteiger partial charge in [0.1, 0.15) is 0 Å². The third-order valence-corrected chi connectivity index (χ3v) is 4.99. The average Bonchev–Trinajstić information content (AvgIpc) is 2.52. The summed E-state index contributed by atoms with van der Waals surface area (Å²) in [5.41, 5.74) is 0.340. The summed E-state index contributed by atoms with van der Waals surface area (Å²) in [7, 11) is 0. The molecule has 1 spiro atoms. The number of fused-ring (bicyclic) bond motifs is 3. The van der Waals surface area contributed by atoms with Crippen LogP contribution >= 0.6 is 0 Å². The number of piperidine rings is 1. The van der Waals surface area contributed by atoms with Crippen molar-refractivity contribution in [2.45, 2.75) is 25.7 Å². The molecule has 2 saturated carbocycles. The second-order valence-electron chi connectivity index (χ2n) is 5.24. The molecule has 4 N–H and O–H groups in total. The number of carbonyl (C=O) groups is 4. The van der Waals surface area contributed by atoms with Gasteiger partial charge in [-0.1, -0.05) is 12.8 Å². The van der Waals surface area contributed by atoms with E-state index < -0.39 is 39.9 Å². The van der Waals surface area contributed by atoms with Crippen molar-refractivity contribution in [3.63, 3.8) is 0 Å². The largest absolute Gasteiger partial charge is 0.480 e. The van der Waals surface area contributed by atoms with E-state index in [0.29, 0.717) is 25.7 Å². The Hall–Kier alpha value is -1.92. The van der Waals surface area contributed by atoms with Crippen LogP contribution in [0.3, 0.4) is 0 Å². The van der Waals surface area contributed by atoms with Gasteiger partial charge >= 0.3 is 5.97 Å². The number of carboxylic acid groups (broad SMARTS) is 1. The van der Waals surface area contributed by atoms with Gasteiger partial charge in [0, 0.05) is 5.41 Å². The van der Waals surface area contributed by atoms with Crippen molar-refractivity contribution >= 4 is 23.7 Å². The van der Waals surface area contributed by atoms with Crippen LogP contribution in [0.2, 0.25) is 0 Å². The molecule has 3 aliphatic rings. The van der Waals surface area contributed by atoms with Crippen molar-refractivity contribution in [3.05, 3.63) is 0 Å². The molecular formula is C11H12N2O5. The van der Waals surface area contributed by atoms with Crippen LogP contribution in [0.5, 0.6) is 0 Å². The molecule has 0 aromatic carbocycles. The fourth-order valence-electron chi connectivity index (χ4n) is 4.48. The number of imide groups is 1. The molecule has 2 atom stereocenters. The maximum absolute atomic E-state index is 12.0. The number of nitrogens with one attached hydrogen (secondary N) is 1. The molecule has 3 fully saturated rings. The van der Waals surface area contributed by atoms with Gasteiger partial charge < -0.3 is 10.8 Å². The lowest BCUT2D eigenvalue weighted by Crippen LogP contribution is -2.42. The second-order valence-corrected chi connectivity index (χ2v) is 5.24. The summed E-state index contributed by atoms with van der Waals surface area (Å²) in [6.07, 6.45) is 2.15. The van der Waals surface area contributed by atoms with Gasteiger partial charge in [-0.2, -0.15) is 0 Å². The lowest BCUT2D eigenvalue weighted by Gasteiger charge is -2.18. The van der Waals surface area contributed by atoms with Crippen molar-refractivity contribution < 1.29 is 24.3 Å². The average molecular weight is 252 g/mol. The molecule has 7 nitrogen and oxygen atoms in total. The molecule has 1 heterocycles. The molecule has 96 valence electrons. The molecule has 0 bridgehead atoms. The number of carboxylic acids is 1. The normalized spacial score (nSPS) is 39.6. The second kappa shape index (κ2) is 2.73. The van der Waals surface area contributed by atoms with Crippen LogP contribution in [0, 0.1) is 16.2 Å². The Morgan fingerprint density at radius 3 is 2.00 bits per heavy atom. The molecule has 3 amide bonds. The van der Waals surface area contributed by atoms with Gasteiger partial charge in [-0.15, -0.1) is 0 Å². The summed E-state index contributed by atoms with van der Waals surface area (Å²) < 4.78 is 0. The van der Waals surface area contributed by atoms with Crippen LogP contribution in [0.4, 0.5) is 0 Å². The van der Waals surface area contributed by atoms with Gasteiger partial charge in [0.2, 0.25) is 17.7 Å². The highest BCUT2D eigenvalue weighted by Crippen LogP contribution is 2.85. The maximum atomic E-state index is 12.0. The minimum atomic E-state index is -1.97. The highest BCUT2D eigenvalue weighted by Gasteiger charge is 3.02. The number of aliphatic carboxylic acids is 1. The summed E-state index contributed by atoms with van der Waals surface area (Å²) >= 11 is 0. The van der Waals surface area contributed by atoms with Gasteiger partial charge in [0.25, 0.3) is 0 Å². The van der Waals surface area contributed by atoms with E-state index in [1.54, 1.807) is 0 Å². The smallest absolute Gasteiger partial charge is 0.321 e. The molecule has 2 aliphatic carbocycles. The first kappa shape index (κ1) is 11.2. The first-order chi connectivity index (χ1) is 8.39. The van der Waals surface area contributed by atoms with E-state index in [9.17, 15) is 24.3 Å². The van der Waals surface area contributed by atoms with Gasteiger partial charge in [0.15, 0.2) is 10.8 Å². The Morgan fingerprint density at radius 2 is 1.61 bits per heavy atom. The zero-order valence-electron chi connectivity index (χ0n) is 9.49. The summed E-state index contributed by atoms with van der Waals surface area (Å²) in [4.78, 5) is 47.2. The summed E-state index contributed by atoms with van der Waals surface area (Å²) in [6, 6.07) is 0. The van der Waals surface area contributed by atoms with Gasteiger partial charge in [-0.05, 0) is 12.8 Å². The van der Waals surface area contributed by atoms with Crippen molar-refractivity contribution in [1.29, 1.82) is 0 Å². The molecule has 3 rings (SSSR count).